The molecule has 1 aromatic carbocycles. The first-order chi connectivity index (χ1) is 6.65. The minimum Gasteiger partial charge on any atom is -0.351 e. The molecule has 0 aliphatic rings. The summed E-state index contributed by atoms with van der Waals surface area (Å²) in [7, 11) is 0. The quantitative estimate of drug-likeness (QED) is 0.821. The van der Waals surface area contributed by atoms with Gasteiger partial charge >= 0.3 is 0 Å². The number of carbonyl (C=O) groups is 1. The van der Waals surface area contributed by atoms with Gasteiger partial charge in [0.05, 0.1) is 6.54 Å². The molecule has 1 aromatic rings. The molecule has 0 atom stereocenters. The van der Waals surface area contributed by atoms with E-state index < -0.39 is 0 Å². The highest BCUT2D eigenvalue weighted by atomic mass is 35.5. The zero-order valence-electron chi connectivity index (χ0n) is 8.42. The fraction of sp³-hybridized carbons (Fsp3) is 0.300. The smallest absolute Gasteiger partial charge is 0.234 e. The van der Waals surface area contributed by atoms with Crippen LogP contribution in [-0.2, 0) is 11.3 Å². The molecule has 15 heavy (non-hydrogen) atoms. The molecule has 84 valence electrons. The van der Waals surface area contributed by atoms with Crippen molar-refractivity contribution in [3.05, 3.63) is 35.1 Å². The van der Waals surface area contributed by atoms with E-state index in [1.807, 2.05) is 0 Å². The van der Waals surface area contributed by atoms with Gasteiger partial charge in [-0.1, -0.05) is 12.1 Å². The van der Waals surface area contributed by atoms with Crippen molar-refractivity contribution in [2.75, 3.05) is 6.54 Å². The number of nitrogens with one attached hydrogen (secondary N) is 1. The molecule has 5 heteroatoms. The Kier molecular flexibility index (Phi) is 5.89. The number of carbonyl (C=O) groups excluding carboxylic acids is 1. The predicted molar refractivity (Wildman–Crippen MR) is 59.3 cm³/mol. The molecular weight excluding hydrogens is 219 g/mol. The topological polar surface area (TPSA) is 55.1 Å². The third-order valence-corrected chi connectivity index (χ3v) is 2.00. The van der Waals surface area contributed by atoms with Gasteiger partial charge in [0.15, 0.2) is 0 Å². The summed E-state index contributed by atoms with van der Waals surface area (Å²) in [6, 6.07) is 4.81. The van der Waals surface area contributed by atoms with E-state index in [1.54, 1.807) is 19.1 Å². The van der Waals surface area contributed by atoms with E-state index in [0.717, 1.165) is 5.56 Å². The van der Waals surface area contributed by atoms with Gasteiger partial charge in [0.25, 0.3) is 0 Å². The van der Waals surface area contributed by atoms with Crippen molar-refractivity contribution in [3.8, 4) is 0 Å². The number of hydrogen-bond acceptors (Lipinski definition) is 2. The third kappa shape index (κ3) is 3.85. The van der Waals surface area contributed by atoms with E-state index in [0.29, 0.717) is 5.56 Å². The van der Waals surface area contributed by atoms with Crippen LogP contribution < -0.4 is 11.1 Å². The summed E-state index contributed by atoms with van der Waals surface area (Å²) in [6.45, 7) is 1.91. The van der Waals surface area contributed by atoms with E-state index in [9.17, 15) is 9.18 Å². The van der Waals surface area contributed by atoms with Gasteiger partial charge in [0.1, 0.15) is 5.82 Å². The van der Waals surface area contributed by atoms with Crippen LogP contribution in [0.1, 0.15) is 11.1 Å². The van der Waals surface area contributed by atoms with Crippen molar-refractivity contribution >= 4 is 18.3 Å². The highest BCUT2D eigenvalue weighted by molar-refractivity contribution is 5.85. The molecule has 0 radical (unpaired) electrons. The Bertz CT molecular complexity index is 324. The Morgan fingerprint density at radius 2 is 2.20 bits per heavy atom. The molecule has 3 nitrogen and oxygen atoms in total. The molecule has 1 amide bonds. The first kappa shape index (κ1) is 13.9. The minimum atomic E-state index is -0.303. The standard InChI is InChI=1S/C10H13FN2O.ClH/c1-7-3-2-4-9(11)8(7)6-13-10(14)5-12;/h2-4H,5-6,12H2,1H3,(H,13,14);1H. The van der Waals surface area contributed by atoms with Crippen LogP contribution in [0.15, 0.2) is 18.2 Å². The summed E-state index contributed by atoms with van der Waals surface area (Å²) in [4.78, 5) is 10.8. The van der Waals surface area contributed by atoms with Crippen LogP contribution in [0.4, 0.5) is 4.39 Å². The highest BCUT2D eigenvalue weighted by Crippen LogP contribution is 2.11. The molecule has 0 unspecified atom stereocenters. The SMILES string of the molecule is Cc1cccc(F)c1CNC(=O)CN.Cl. The Morgan fingerprint density at radius 3 is 2.73 bits per heavy atom. The second kappa shape index (κ2) is 6.37. The monoisotopic (exact) mass is 232 g/mol. The maximum absolute atomic E-state index is 13.2. The van der Waals surface area contributed by atoms with Crippen molar-refractivity contribution < 1.29 is 9.18 Å². The second-order valence-electron chi connectivity index (χ2n) is 3.02. The van der Waals surface area contributed by atoms with Gasteiger partial charge in [-0.05, 0) is 18.6 Å². The number of rotatable bonds is 3. The highest BCUT2D eigenvalue weighted by Gasteiger charge is 2.05. The normalized spacial score (nSPS) is 9.27. The van der Waals surface area contributed by atoms with Crippen LogP contribution >= 0.6 is 12.4 Å². The lowest BCUT2D eigenvalue weighted by Crippen LogP contribution is -2.30. The van der Waals surface area contributed by atoms with Crippen LogP contribution in [-0.4, -0.2) is 12.5 Å². The maximum Gasteiger partial charge on any atom is 0.234 e. The molecule has 3 N–H and O–H groups in total. The van der Waals surface area contributed by atoms with Crippen molar-refractivity contribution in [2.45, 2.75) is 13.5 Å². The van der Waals surface area contributed by atoms with Crippen molar-refractivity contribution in [1.82, 2.24) is 5.32 Å². The van der Waals surface area contributed by atoms with E-state index in [2.05, 4.69) is 5.32 Å². The Labute approximate surface area is 94.3 Å². The van der Waals surface area contributed by atoms with Gasteiger partial charge in [0, 0.05) is 12.1 Å². The molecule has 0 aliphatic carbocycles. The molecular formula is C10H14ClFN2O. The predicted octanol–water partition coefficient (Wildman–Crippen LogP) is 1.13. The summed E-state index contributed by atoms with van der Waals surface area (Å²) < 4.78 is 13.2. The molecule has 0 fully saturated rings. The molecule has 0 aromatic heterocycles. The fourth-order valence-corrected chi connectivity index (χ4v) is 1.15. The largest absolute Gasteiger partial charge is 0.351 e. The zero-order valence-corrected chi connectivity index (χ0v) is 9.23. The van der Waals surface area contributed by atoms with Gasteiger partial charge < -0.3 is 11.1 Å². The average molecular weight is 233 g/mol. The lowest BCUT2D eigenvalue weighted by atomic mass is 10.1. The van der Waals surface area contributed by atoms with E-state index >= 15 is 0 Å². The first-order valence-electron chi connectivity index (χ1n) is 4.36. The van der Waals surface area contributed by atoms with Crippen LogP contribution in [0.2, 0.25) is 0 Å². The van der Waals surface area contributed by atoms with E-state index in [-0.39, 0.29) is 37.2 Å². The summed E-state index contributed by atoms with van der Waals surface area (Å²) in [6.07, 6.45) is 0. The van der Waals surface area contributed by atoms with Crippen molar-refractivity contribution in [3.63, 3.8) is 0 Å². The molecule has 0 bridgehead atoms. The maximum atomic E-state index is 13.2. The molecule has 0 saturated carbocycles. The summed E-state index contributed by atoms with van der Waals surface area (Å²) in [5.74, 6) is -0.588. The third-order valence-electron chi connectivity index (χ3n) is 2.00. The fourth-order valence-electron chi connectivity index (χ4n) is 1.15. The number of halogens is 2. The first-order valence-corrected chi connectivity index (χ1v) is 4.36. The minimum absolute atomic E-state index is 0. The van der Waals surface area contributed by atoms with Crippen LogP contribution in [0.3, 0.4) is 0 Å². The second-order valence-corrected chi connectivity index (χ2v) is 3.02. The average Bonchev–Trinajstić information content (AvgIpc) is 2.16. The number of hydrogen-bond donors (Lipinski definition) is 2. The Balaban J connectivity index is 0.00000196. The van der Waals surface area contributed by atoms with Gasteiger partial charge in [-0.15, -0.1) is 12.4 Å². The van der Waals surface area contributed by atoms with Crippen molar-refractivity contribution in [1.29, 1.82) is 0 Å². The Hall–Kier alpha value is -1.13. The summed E-state index contributed by atoms with van der Waals surface area (Å²) >= 11 is 0. The zero-order chi connectivity index (χ0) is 10.6. The number of amides is 1. The molecule has 0 aliphatic heterocycles. The molecule has 0 heterocycles. The molecule has 0 saturated heterocycles. The van der Waals surface area contributed by atoms with Gasteiger partial charge in [-0.3, -0.25) is 4.79 Å². The lowest BCUT2D eigenvalue weighted by Gasteiger charge is -2.07. The van der Waals surface area contributed by atoms with Crippen LogP contribution in [0.5, 0.6) is 0 Å². The van der Waals surface area contributed by atoms with Crippen LogP contribution in [0, 0.1) is 12.7 Å². The Morgan fingerprint density at radius 1 is 1.53 bits per heavy atom. The summed E-state index contributed by atoms with van der Waals surface area (Å²) in [5, 5.41) is 2.53. The van der Waals surface area contributed by atoms with Crippen molar-refractivity contribution in [2.24, 2.45) is 5.73 Å². The van der Waals surface area contributed by atoms with Gasteiger partial charge in [-0.2, -0.15) is 0 Å². The number of benzene rings is 1. The van der Waals surface area contributed by atoms with E-state index in [1.165, 1.54) is 6.07 Å². The molecule has 1 rings (SSSR count). The number of aryl methyl sites for hydroxylation is 1. The molecule has 0 spiro atoms. The van der Waals surface area contributed by atoms with Crippen LogP contribution in [0.25, 0.3) is 0 Å². The number of nitrogens with two attached hydrogens (primary N) is 1. The van der Waals surface area contributed by atoms with Gasteiger partial charge in [0.2, 0.25) is 5.91 Å². The van der Waals surface area contributed by atoms with E-state index in [4.69, 9.17) is 5.73 Å². The summed E-state index contributed by atoms with van der Waals surface area (Å²) in [5.41, 5.74) is 6.44. The van der Waals surface area contributed by atoms with Gasteiger partial charge in [-0.25, -0.2) is 4.39 Å². The lowest BCUT2D eigenvalue weighted by molar-refractivity contribution is -0.119.